The fraction of sp³-hybridized carbons (Fsp3) is 0.435. The highest BCUT2D eigenvalue weighted by Crippen LogP contribution is 2.64. The van der Waals surface area contributed by atoms with Gasteiger partial charge >= 0.3 is 0 Å². The molecule has 31 heavy (non-hydrogen) atoms. The van der Waals surface area contributed by atoms with E-state index in [0.29, 0.717) is 16.5 Å². The molecule has 1 atom stereocenters. The number of carbonyl (C=O) groups is 1. The summed E-state index contributed by atoms with van der Waals surface area (Å²) in [5.41, 5.74) is 0.0761. The summed E-state index contributed by atoms with van der Waals surface area (Å²) in [6.07, 6.45) is 3.87. The molecule has 8 heteroatoms. The van der Waals surface area contributed by atoms with Gasteiger partial charge in [0.1, 0.15) is 23.4 Å². The van der Waals surface area contributed by atoms with Crippen molar-refractivity contribution in [3.8, 4) is 11.5 Å². The van der Waals surface area contributed by atoms with Crippen LogP contribution < -0.4 is 14.8 Å². The van der Waals surface area contributed by atoms with Gasteiger partial charge in [-0.15, -0.1) is 0 Å². The Bertz CT molecular complexity index is 981. The van der Waals surface area contributed by atoms with E-state index in [0.717, 1.165) is 38.8 Å². The molecule has 0 aromatic heterocycles. The van der Waals surface area contributed by atoms with Gasteiger partial charge in [-0.3, -0.25) is 9.69 Å². The number of nitrogens with one attached hydrogen (secondary N) is 1. The lowest BCUT2D eigenvalue weighted by molar-refractivity contribution is -0.179. The number of halogens is 3. The maximum absolute atomic E-state index is 13.3. The molecule has 3 aliphatic carbocycles. The minimum atomic E-state index is -0.443. The Labute approximate surface area is 190 Å². The molecule has 1 aliphatic heterocycles. The summed E-state index contributed by atoms with van der Waals surface area (Å²) in [5, 5.41) is 3.86. The summed E-state index contributed by atoms with van der Waals surface area (Å²) in [7, 11) is 0. The van der Waals surface area contributed by atoms with Crippen molar-refractivity contribution in [2.45, 2.75) is 42.9 Å². The third-order valence-corrected chi connectivity index (χ3v) is 7.14. The van der Waals surface area contributed by atoms with Crippen molar-refractivity contribution < 1.29 is 18.7 Å². The van der Waals surface area contributed by atoms with Crippen molar-refractivity contribution in [2.75, 3.05) is 19.7 Å². The van der Waals surface area contributed by atoms with E-state index < -0.39 is 5.82 Å². The largest absolute Gasteiger partial charge is 0.489 e. The van der Waals surface area contributed by atoms with Crippen molar-refractivity contribution in [2.24, 2.45) is 0 Å². The van der Waals surface area contributed by atoms with Gasteiger partial charge in [-0.2, -0.15) is 0 Å². The molecule has 1 heterocycles. The Kier molecular flexibility index (Phi) is 5.27. The van der Waals surface area contributed by atoms with Gasteiger partial charge < -0.3 is 14.8 Å². The highest BCUT2D eigenvalue weighted by atomic mass is 35.5. The molecule has 3 saturated carbocycles. The molecule has 1 N–H and O–H groups in total. The predicted molar refractivity (Wildman–Crippen MR) is 116 cm³/mol. The first-order chi connectivity index (χ1) is 14.8. The van der Waals surface area contributed by atoms with E-state index in [1.54, 1.807) is 30.3 Å². The van der Waals surface area contributed by atoms with Crippen molar-refractivity contribution in [1.29, 1.82) is 0 Å². The van der Waals surface area contributed by atoms with Crippen LogP contribution in [0, 0.1) is 5.82 Å². The molecule has 0 spiro atoms. The van der Waals surface area contributed by atoms with E-state index in [2.05, 4.69) is 10.2 Å². The number of amides is 1. The van der Waals surface area contributed by atoms with Gasteiger partial charge in [0.15, 0.2) is 6.61 Å². The normalized spacial score (nSPS) is 29.1. The SMILES string of the molecule is O=C(COc1ccc(Cl)cc1)NC12CC(N3CCC(Oc4ccc(F)c(Cl)c4)C3)(C1)C2. The van der Waals surface area contributed by atoms with Gasteiger partial charge in [0.25, 0.3) is 5.91 Å². The minimum Gasteiger partial charge on any atom is -0.489 e. The molecular weight excluding hydrogens is 442 g/mol. The highest BCUT2D eigenvalue weighted by Gasteiger charge is 2.71. The molecule has 1 amide bonds. The van der Waals surface area contributed by atoms with Crippen LogP contribution in [0.5, 0.6) is 11.5 Å². The third kappa shape index (κ3) is 4.09. The van der Waals surface area contributed by atoms with Gasteiger partial charge in [-0.25, -0.2) is 4.39 Å². The number of benzene rings is 2. The summed E-state index contributed by atoms with van der Waals surface area (Å²) < 4.78 is 24.9. The van der Waals surface area contributed by atoms with E-state index in [-0.39, 0.29) is 34.7 Å². The molecule has 5 nitrogen and oxygen atoms in total. The monoisotopic (exact) mass is 464 g/mol. The summed E-state index contributed by atoms with van der Waals surface area (Å²) in [4.78, 5) is 14.8. The van der Waals surface area contributed by atoms with E-state index in [1.807, 2.05) is 0 Å². The number of nitrogens with zero attached hydrogens (tertiary/aromatic N) is 1. The van der Waals surface area contributed by atoms with E-state index in [1.165, 1.54) is 12.1 Å². The van der Waals surface area contributed by atoms with Crippen molar-refractivity contribution in [3.63, 3.8) is 0 Å². The Morgan fingerprint density at radius 3 is 2.55 bits per heavy atom. The summed E-state index contributed by atoms with van der Waals surface area (Å²) in [6, 6.07) is 11.4. The maximum atomic E-state index is 13.3. The van der Waals surface area contributed by atoms with Crippen LogP contribution in [0.15, 0.2) is 42.5 Å². The third-order valence-electron chi connectivity index (χ3n) is 6.60. The van der Waals surface area contributed by atoms with E-state index >= 15 is 0 Å². The summed E-state index contributed by atoms with van der Waals surface area (Å²) in [6.45, 7) is 1.79. The average Bonchev–Trinajstić information content (AvgIpc) is 3.14. The lowest BCUT2D eigenvalue weighted by Gasteiger charge is -2.73. The zero-order valence-electron chi connectivity index (χ0n) is 16.9. The van der Waals surface area contributed by atoms with E-state index in [4.69, 9.17) is 32.7 Å². The molecule has 164 valence electrons. The number of carbonyl (C=O) groups excluding carboxylic acids is 1. The van der Waals surface area contributed by atoms with Crippen LogP contribution in [0.25, 0.3) is 0 Å². The molecule has 4 fully saturated rings. The van der Waals surface area contributed by atoms with Gasteiger partial charge in [0.05, 0.1) is 5.02 Å². The lowest BCUT2D eigenvalue weighted by atomic mass is 9.43. The molecule has 2 bridgehead atoms. The van der Waals surface area contributed by atoms with Crippen LogP contribution in [0.4, 0.5) is 4.39 Å². The number of hydrogen-bond donors (Lipinski definition) is 1. The van der Waals surface area contributed by atoms with Crippen molar-refractivity contribution >= 4 is 29.1 Å². The first-order valence-electron chi connectivity index (χ1n) is 10.4. The number of hydrogen-bond acceptors (Lipinski definition) is 4. The second-order valence-corrected chi connectivity index (χ2v) is 9.72. The molecule has 6 rings (SSSR count). The Hall–Kier alpha value is -2.02. The highest BCUT2D eigenvalue weighted by molar-refractivity contribution is 6.31. The topological polar surface area (TPSA) is 50.8 Å². The summed E-state index contributed by atoms with van der Waals surface area (Å²) in [5.74, 6) is 0.681. The second kappa shape index (κ2) is 7.84. The van der Waals surface area contributed by atoms with Crippen molar-refractivity contribution in [3.05, 3.63) is 58.3 Å². The lowest BCUT2D eigenvalue weighted by Crippen LogP contribution is -2.83. The van der Waals surface area contributed by atoms with Gasteiger partial charge in [0, 0.05) is 35.3 Å². The fourth-order valence-corrected chi connectivity index (χ4v) is 5.51. The molecule has 1 saturated heterocycles. The maximum Gasteiger partial charge on any atom is 0.258 e. The molecule has 2 aromatic carbocycles. The fourth-order valence-electron chi connectivity index (χ4n) is 5.21. The van der Waals surface area contributed by atoms with Gasteiger partial charge in [0.2, 0.25) is 0 Å². The van der Waals surface area contributed by atoms with Gasteiger partial charge in [-0.05, 0) is 62.1 Å². The average molecular weight is 465 g/mol. The quantitative estimate of drug-likeness (QED) is 0.657. The van der Waals surface area contributed by atoms with Crippen LogP contribution in [-0.2, 0) is 4.79 Å². The predicted octanol–water partition coefficient (Wildman–Crippen LogP) is 4.46. The Morgan fingerprint density at radius 1 is 1.13 bits per heavy atom. The Balaban J connectivity index is 1.07. The second-order valence-electron chi connectivity index (χ2n) is 8.88. The smallest absolute Gasteiger partial charge is 0.258 e. The zero-order valence-corrected chi connectivity index (χ0v) is 18.4. The van der Waals surface area contributed by atoms with Crippen LogP contribution in [0.1, 0.15) is 25.7 Å². The first-order valence-corrected chi connectivity index (χ1v) is 11.2. The first kappa shape index (κ1) is 20.9. The van der Waals surface area contributed by atoms with Crippen LogP contribution in [0.3, 0.4) is 0 Å². The molecule has 1 unspecified atom stereocenters. The van der Waals surface area contributed by atoms with Crippen LogP contribution in [-0.4, -0.2) is 47.7 Å². The zero-order chi connectivity index (χ0) is 21.6. The number of rotatable bonds is 7. The van der Waals surface area contributed by atoms with Gasteiger partial charge in [-0.1, -0.05) is 23.2 Å². The van der Waals surface area contributed by atoms with E-state index in [9.17, 15) is 9.18 Å². The number of likely N-dealkylation sites (tertiary alicyclic amines) is 1. The molecule has 4 aliphatic rings. The van der Waals surface area contributed by atoms with Crippen molar-refractivity contribution in [1.82, 2.24) is 10.2 Å². The summed E-state index contributed by atoms with van der Waals surface area (Å²) >= 11 is 11.7. The van der Waals surface area contributed by atoms with Crippen LogP contribution >= 0.6 is 23.2 Å². The van der Waals surface area contributed by atoms with Crippen LogP contribution in [0.2, 0.25) is 10.0 Å². The standard InChI is InChI=1S/C23H23Cl2FN2O3/c24-15-1-3-16(4-2-15)30-11-21(29)27-22-12-23(13-22,14-22)28-8-7-18(10-28)31-17-5-6-20(26)19(25)9-17/h1-6,9,18H,7-8,10-14H2,(H,27,29). The minimum absolute atomic E-state index is 0.00373. The molecule has 0 radical (unpaired) electrons. The molecule has 2 aromatic rings. The molecular formula is C23H23Cl2FN2O3. The number of ether oxygens (including phenoxy) is 2. The Morgan fingerprint density at radius 2 is 1.84 bits per heavy atom.